The van der Waals surface area contributed by atoms with Gasteiger partial charge in [0.1, 0.15) is 6.04 Å². The van der Waals surface area contributed by atoms with E-state index < -0.39 is 11.6 Å². The third-order valence-electron chi connectivity index (χ3n) is 7.22. The highest BCUT2D eigenvalue weighted by Crippen LogP contribution is 2.35. The molecule has 0 saturated carbocycles. The normalized spacial score (nSPS) is 19.5. The summed E-state index contributed by atoms with van der Waals surface area (Å²) in [6.07, 6.45) is 5.19. The van der Waals surface area contributed by atoms with Crippen molar-refractivity contribution < 1.29 is 19.2 Å². The smallest absolute Gasteiger partial charge is 0.243 e. The topological polar surface area (TPSA) is 86.8 Å². The first-order valence-corrected chi connectivity index (χ1v) is 13.8. The summed E-state index contributed by atoms with van der Waals surface area (Å²) in [5.41, 5.74) is 1.11. The van der Waals surface area contributed by atoms with Crippen LogP contribution in [0, 0.1) is 11.8 Å². The average molecular weight is 550 g/mol. The number of amides is 4. The molecule has 1 heterocycles. The highest BCUT2D eigenvalue weighted by atomic mass is 35.5. The fourth-order valence-corrected chi connectivity index (χ4v) is 5.45. The number of rotatable bonds is 9. The van der Waals surface area contributed by atoms with Crippen molar-refractivity contribution in [3.63, 3.8) is 0 Å². The lowest BCUT2D eigenvalue weighted by atomic mass is 9.85. The predicted molar refractivity (Wildman–Crippen MR) is 151 cm³/mol. The summed E-state index contributed by atoms with van der Waals surface area (Å²) in [6, 6.07) is 15.9. The first-order chi connectivity index (χ1) is 18.5. The molecule has 4 amide bonds. The van der Waals surface area contributed by atoms with Crippen LogP contribution in [0.1, 0.15) is 51.2 Å². The third-order valence-corrected chi connectivity index (χ3v) is 7.58. The summed E-state index contributed by atoms with van der Waals surface area (Å²) in [5, 5.41) is 3.52. The van der Waals surface area contributed by atoms with Gasteiger partial charge in [-0.3, -0.25) is 24.1 Å². The lowest BCUT2D eigenvalue weighted by Gasteiger charge is -2.34. The average Bonchev–Trinajstić information content (AvgIpc) is 3.14. The summed E-state index contributed by atoms with van der Waals surface area (Å²) in [7, 11) is 0. The molecule has 1 saturated heterocycles. The summed E-state index contributed by atoms with van der Waals surface area (Å²) >= 11 is 6.47. The summed E-state index contributed by atoms with van der Waals surface area (Å²) in [5.74, 6) is -1.73. The number of imide groups is 1. The van der Waals surface area contributed by atoms with Crippen molar-refractivity contribution >= 4 is 35.2 Å². The van der Waals surface area contributed by atoms with Gasteiger partial charge in [-0.1, -0.05) is 72.3 Å². The number of nitrogens with zero attached hydrogens (tertiary/aromatic N) is 2. The fourth-order valence-electron chi connectivity index (χ4n) is 5.26. The SMILES string of the molecule is CC(C)(C)NC(=O)C(Cc1ccccc1)N(Cc1ccccc1Cl)C(=O)CCN1C(=O)[C@H]2CC=CC[C@H]2C1=O. The molecule has 1 N–H and O–H groups in total. The molecule has 2 aromatic rings. The van der Waals surface area contributed by atoms with Gasteiger partial charge in [0.05, 0.1) is 11.8 Å². The van der Waals surface area contributed by atoms with Crippen LogP contribution in [0.15, 0.2) is 66.7 Å². The number of carbonyl (C=O) groups is 4. The van der Waals surface area contributed by atoms with Gasteiger partial charge in [0.15, 0.2) is 0 Å². The Labute approximate surface area is 235 Å². The first-order valence-electron chi connectivity index (χ1n) is 13.4. The van der Waals surface area contributed by atoms with Crippen molar-refractivity contribution in [3.05, 3.63) is 82.9 Å². The summed E-state index contributed by atoms with van der Waals surface area (Å²) in [4.78, 5) is 56.3. The van der Waals surface area contributed by atoms with Crippen molar-refractivity contribution in [3.8, 4) is 0 Å². The Morgan fingerprint density at radius 3 is 2.15 bits per heavy atom. The van der Waals surface area contributed by atoms with E-state index in [1.165, 1.54) is 9.80 Å². The Morgan fingerprint density at radius 1 is 0.974 bits per heavy atom. The highest BCUT2D eigenvalue weighted by Gasteiger charge is 2.47. The van der Waals surface area contributed by atoms with E-state index in [-0.39, 0.29) is 55.0 Å². The van der Waals surface area contributed by atoms with E-state index in [1.807, 2.05) is 81.5 Å². The van der Waals surface area contributed by atoms with Crippen LogP contribution in [-0.4, -0.2) is 51.6 Å². The van der Waals surface area contributed by atoms with Gasteiger partial charge in [-0.05, 0) is 50.8 Å². The molecule has 0 aromatic heterocycles. The molecule has 39 heavy (non-hydrogen) atoms. The Balaban J connectivity index is 1.61. The van der Waals surface area contributed by atoms with Gasteiger partial charge in [-0.25, -0.2) is 0 Å². The van der Waals surface area contributed by atoms with Gasteiger partial charge in [-0.2, -0.15) is 0 Å². The number of hydrogen-bond acceptors (Lipinski definition) is 4. The zero-order chi connectivity index (χ0) is 28.2. The Bertz CT molecular complexity index is 1230. The fraction of sp³-hybridized carbons (Fsp3) is 0.419. The molecule has 2 aromatic carbocycles. The highest BCUT2D eigenvalue weighted by molar-refractivity contribution is 6.31. The van der Waals surface area contributed by atoms with Gasteiger partial charge in [-0.15, -0.1) is 0 Å². The van der Waals surface area contributed by atoms with Crippen LogP contribution in [0.25, 0.3) is 0 Å². The number of hydrogen-bond donors (Lipinski definition) is 1. The summed E-state index contributed by atoms with van der Waals surface area (Å²) in [6.45, 7) is 5.78. The van der Waals surface area contributed by atoms with E-state index in [0.29, 0.717) is 29.8 Å². The molecule has 2 aliphatic rings. The molecule has 0 radical (unpaired) electrons. The Morgan fingerprint density at radius 2 is 1.56 bits per heavy atom. The second-order valence-electron chi connectivity index (χ2n) is 11.3. The maximum atomic E-state index is 13.9. The monoisotopic (exact) mass is 549 g/mol. The van der Waals surface area contributed by atoms with Gasteiger partial charge < -0.3 is 10.2 Å². The van der Waals surface area contributed by atoms with Crippen molar-refractivity contribution in [2.24, 2.45) is 11.8 Å². The molecular weight excluding hydrogens is 514 g/mol. The lowest BCUT2D eigenvalue weighted by molar-refractivity contribution is -0.144. The number of nitrogens with one attached hydrogen (secondary N) is 1. The number of carbonyl (C=O) groups excluding carboxylic acids is 4. The van der Waals surface area contributed by atoms with Gasteiger partial charge >= 0.3 is 0 Å². The quantitative estimate of drug-likeness (QED) is 0.367. The Hall–Kier alpha value is -3.45. The van der Waals surface area contributed by atoms with Crippen LogP contribution in [0.3, 0.4) is 0 Å². The van der Waals surface area contributed by atoms with Crippen molar-refractivity contribution in [2.45, 2.75) is 64.6 Å². The molecule has 8 heteroatoms. The van der Waals surface area contributed by atoms with Gasteiger partial charge in [0, 0.05) is 36.5 Å². The van der Waals surface area contributed by atoms with Gasteiger partial charge in [0.2, 0.25) is 23.6 Å². The lowest BCUT2D eigenvalue weighted by Crippen LogP contribution is -2.54. The van der Waals surface area contributed by atoms with Gasteiger partial charge in [0.25, 0.3) is 0 Å². The van der Waals surface area contributed by atoms with Crippen molar-refractivity contribution in [2.75, 3.05) is 6.54 Å². The van der Waals surface area contributed by atoms with E-state index in [0.717, 1.165) is 5.56 Å². The molecule has 206 valence electrons. The maximum absolute atomic E-state index is 13.9. The predicted octanol–water partition coefficient (Wildman–Crippen LogP) is 4.54. The van der Waals surface area contributed by atoms with E-state index in [9.17, 15) is 19.2 Å². The minimum atomic E-state index is -0.827. The standard InChI is InChI=1S/C31H36ClN3O4/c1-31(2,3)33-28(37)26(19-21-11-5-4-6-12-21)35(20-22-13-7-10-16-25(22)32)27(36)17-18-34-29(38)23-14-8-9-15-24(23)30(34)39/h4-13,16,23-24,26H,14-15,17-20H2,1-3H3,(H,33,37)/t23-,24+,26?. The van der Waals surface area contributed by atoms with E-state index in [1.54, 1.807) is 6.07 Å². The zero-order valence-corrected chi connectivity index (χ0v) is 23.5. The van der Waals surface area contributed by atoms with Crippen LogP contribution in [0.5, 0.6) is 0 Å². The van der Waals surface area contributed by atoms with Crippen LogP contribution < -0.4 is 5.32 Å². The van der Waals surface area contributed by atoms with Crippen LogP contribution in [0.4, 0.5) is 0 Å². The third kappa shape index (κ3) is 6.95. The first kappa shape index (κ1) is 28.6. The van der Waals surface area contributed by atoms with Crippen LogP contribution >= 0.6 is 11.6 Å². The molecule has 7 nitrogen and oxygen atoms in total. The Kier molecular flexibility index (Phi) is 8.90. The number of halogens is 1. The minimum Gasteiger partial charge on any atom is -0.350 e. The molecule has 1 fully saturated rings. The summed E-state index contributed by atoms with van der Waals surface area (Å²) < 4.78 is 0. The molecular formula is C31H36ClN3O4. The van der Waals surface area contributed by atoms with E-state index >= 15 is 0 Å². The maximum Gasteiger partial charge on any atom is 0.243 e. The zero-order valence-electron chi connectivity index (χ0n) is 22.7. The molecule has 1 unspecified atom stereocenters. The minimum absolute atomic E-state index is 0.0124. The van der Waals surface area contributed by atoms with E-state index in [4.69, 9.17) is 11.6 Å². The molecule has 3 atom stereocenters. The second kappa shape index (κ2) is 12.2. The molecule has 0 bridgehead atoms. The number of benzene rings is 2. The molecule has 4 rings (SSSR count). The number of likely N-dealkylation sites (tertiary alicyclic amines) is 1. The molecule has 0 spiro atoms. The van der Waals surface area contributed by atoms with Crippen molar-refractivity contribution in [1.82, 2.24) is 15.1 Å². The van der Waals surface area contributed by atoms with Crippen LogP contribution in [0.2, 0.25) is 5.02 Å². The van der Waals surface area contributed by atoms with Crippen molar-refractivity contribution in [1.29, 1.82) is 0 Å². The van der Waals surface area contributed by atoms with Crippen LogP contribution in [-0.2, 0) is 32.1 Å². The van der Waals surface area contributed by atoms with E-state index in [2.05, 4.69) is 5.32 Å². The number of fused-ring (bicyclic) bond motifs is 1. The molecule has 1 aliphatic carbocycles. The second-order valence-corrected chi connectivity index (χ2v) is 11.7. The number of allylic oxidation sites excluding steroid dienone is 2. The largest absolute Gasteiger partial charge is 0.350 e. The molecule has 1 aliphatic heterocycles.